The summed E-state index contributed by atoms with van der Waals surface area (Å²) in [5.74, 6) is 0.251. The quantitative estimate of drug-likeness (QED) is 0.857. The summed E-state index contributed by atoms with van der Waals surface area (Å²) in [6.07, 6.45) is 5.89. The Morgan fingerprint density at radius 1 is 1.00 bits per heavy atom. The first-order valence-corrected chi connectivity index (χ1v) is 9.37. The van der Waals surface area contributed by atoms with E-state index in [2.05, 4.69) is 45.0 Å². The predicted octanol–water partition coefficient (Wildman–Crippen LogP) is 2.11. The first-order chi connectivity index (χ1) is 12.3. The van der Waals surface area contributed by atoms with Crippen LogP contribution in [0.3, 0.4) is 0 Å². The van der Waals surface area contributed by atoms with Crippen LogP contribution in [-0.2, 0) is 30.7 Å². The van der Waals surface area contributed by atoms with Gasteiger partial charge in [0.25, 0.3) is 0 Å². The summed E-state index contributed by atoms with van der Waals surface area (Å²) in [4.78, 5) is 17.1. The van der Waals surface area contributed by atoms with Crippen molar-refractivity contribution in [3.63, 3.8) is 0 Å². The Balaban J connectivity index is 1.30. The van der Waals surface area contributed by atoms with E-state index in [4.69, 9.17) is 0 Å². The molecule has 1 amide bonds. The maximum absolute atomic E-state index is 12.7. The minimum absolute atomic E-state index is 0.251. The summed E-state index contributed by atoms with van der Waals surface area (Å²) < 4.78 is 2.09. The summed E-state index contributed by atoms with van der Waals surface area (Å²) in [6.45, 7) is 5.53. The first-order valence-electron chi connectivity index (χ1n) is 9.37. The Kier molecular flexibility index (Phi) is 4.83. The van der Waals surface area contributed by atoms with Crippen LogP contribution in [0.2, 0.25) is 0 Å². The van der Waals surface area contributed by atoms with Gasteiger partial charge in [0.1, 0.15) is 0 Å². The zero-order chi connectivity index (χ0) is 17.1. The van der Waals surface area contributed by atoms with Gasteiger partial charge in [-0.25, -0.2) is 0 Å². The number of benzene rings is 1. The zero-order valence-electron chi connectivity index (χ0n) is 14.7. The van der Waals surface area contributed by atoms with Gasteiger partial charge in [-0.05, 0) is 24.8 Å². The molecule has 5 nitrogen and oxygen atoms in total. The van der Waals surface area contributed by atoms with Gasteiger partial charge < -0.3 is 4.90 Å². The molecule has 2 aromatic rings. The summed E-state index contributed by atoms with van der Waals surface area (Å²) in [5.41, 5.74) is 3.76. The topological polar surface area (TPSA) is 41.4 Å². The third-order valence-corrected chi connectivity index (χ3v) is 5.38. The maximum Gasteiger partial charge on any atom is 0.227 e. The Labute approximate surface area is 149 Å². The van der Waals surface area contributed by atoms with Crippen molar-refractivity contribution in [2.45, 2.75) is 38.8 Å². The average molecular weight is 338 g/mol. The minimum atomic E-state index is 0.251. The summed E-state index contributed by atoms with van der Waals surface area (Å²) in [6, 6.07) is 10.6. The van der Waals surface area contributed by atoms with Crippen molar-refractivity contribution in [2.24, 2.45) is 0 Å². The van der Waals surface area contributed by atoms with Gasteiger partial charge in [0, 0.05) is 50.5 Å². The van der Waals surface area contributed by atoms with Crippen LogP contribution in [0.1, 0.15) is 29.7 Å². The molecular formula is C20H26N4O. The molecule has 1 aromatic carbocycles. The molecule has 5 heteroatoms. The van der Waals surface area contributed by atoms with Crippen LogP contribution in [0.5, 0.6) is 0 Å². The Morgan fingerprint density at radius 2 is 1.80 bits per heavy atom. The largest absolute Gasteiger partial charge is 0.340 e. The van der Waals surface area contributed by atoms with E-state index < -0.39 is 0 Å². The second-order valence-corrected chi connectivity index (χ2v) is 7.12. The SMILES string of the molecule is O=C(Cc1cnn2c1CCCC2)N1CCN(Cc2ccccc2)CC1. The molecule has 2 aliphatic rings. The fourth-order valence-corrected chi connectivity index (χ4v) is 3.91. The normalized spacial score (nSPS) is 18.2. The van der Waals surface area contributed by atoms with E-state index >= 15 is 0 Å². The van der Waals surface area contributed by atoms with E-state index in [0.29, 0.717) is 6.42 Å². The summed E-state index contributed by atoms with van der Waals surface area (Å²) >= 11 is 0. The third-order valence-electron chi connectivity index (χ3n) is 5.38. The second kappa shape index (κ2) is 7.40. The van der Waals surface area contributed by atoms with Gasteiger partial charge in [-0.15, -0.1) is 0 Å². The fourth-order valence-electron chi connectivity index (χ4n) is 3.91. The highest BCUT2D eigenvalue weighted by Crippen LogP contribution is 2.19. The molecule has 1 aromatic heterocycles. The number of fused-ring (bicyclic) bond motifs is 1. The molecule has 1 fully saturated rings. The number of aromatic nitrogens is 2. The summed E-state index contributed by atoms with van der Waals surface area (Å²) in [5, 5.41) is 4.45. The number of nitrogens with zero attached hydrogens (tertiary/aromatic N) is 4. The smallest absolute Gasteiger partial charge is 0.227 e. The molecule has 0 spiro atoms. The molecule has 3 heterocycles. The molecule has 0 radical (unpaired) electrons. The van der Waals surface area contributed by atoms with Crippen LogP contribution in [0, 0.1) is 0 Å². The molecule has 4 rings (SSSR count). The lowest BCUT2D eigenvalue weighted by Gasteiger charge is -2.34. The Morgan fingerprint density at radius 3 is 2.60 bits per heavy atom. The zero-order valence-corrected chi connectivity index (χ0v) is 14.7. The summed E-state index contributed by atoms with van der Waals surface area (Å²) in [7, 11) is 0. The van der Waals surface area contributed by atoms with Gasteiger partial charge in [0.15, 0.2) is 0 Å². The number of hydrogen-bond acceptors (Lipinski definition) is 3. The highest BCUT2D eigenvalue weighted by Gasteiger charge is 2.23. The van der Waals surface area contributed by atoms with E-state index in [1.54, 1.807) is 0 Å². The molecule has 2 aliphatic heterocycles. The molecule has 1 saturated heterocycles. The first kappa shape index (κ1) is 16.3. The van der Waals surface area contributed by atoms with Crippen molar-refractivity contribution in [3.05, 3.63) is 53.3 Å². The lowest BCUT2D eigenvalue weighted by molar-refractivity contribution is -0.132. The molecular weight excluding hydrogens is 312 g/mol. The number of aryl methyl sites for hydroxylation is 1. The van der Waals surface area contributed by atoms with E-state index in [1.165, 1.54) is 24.1 Å². The number of carbonyl (C=O) groups excluding carboxylic acids is 1. The van der Waals surface area contributed by atoms with Gasteiger partial charge in [-0.1, -0.05) is 30.3 Å². The van der Waals surface area contributed by atoms with E-state index in [0.717, 1.165) is 51.3 Å². The second-order valence-electron chi connectivity index (χ2n) is 7.12. The molecule has 0 atom stereocenters. The van der Waals surface area contributed by atoms with Crippen LogP contribution in [0.15, 0.2) is 36.5 Å². The number of carbonyl (C=O) groups is 1. The molecule has 0 aliphatic carbocycles. The molecule has 0 unspecified atom stereocenters. The van der Waals surface area contributed by atoms with Crippen LogP contribution in [0.4, 0.5) is 0 Å². The van der Waals surface area contributed by atoms with E-state index in [-0.39, 0.29) is 5.91 Å². The van der Waals surface area contributed by atoms with Crippen LogP contribution in [-0.4, -0.2) is 51.7 Å². The molecule has 132 valence electrons. The fraction of sp³-hybridized carbons (Fsp3) is 0.500. The predicted molar refractivity (Wildman–Crippen MR) is 97.2 cm³/mol. The van der Waals surface area contributed by atoms with Crippen molar-refractivity contribution < 1.29 is 4.79 Å². The third kappa shape index (κ3) is 3.76. The minimum Gasteiger partial charge on any atom is -0.340 e. The van der Waals surface area contributed by atoms with E-state index in [9.17, 15) is 4.79 Å². The maximum atomic E-state index is 12.7. The highest BCUT2D eigenvalue weighted by molar-refractivity contribution is 5.79. The standard InChI is InChI=1S/C20H26N4O/c25-20(14-18-15-21-24-9-5-4-8-19(18)24)23-12-10-22(11-13-23)16-17-6-2-1-3-7-17/h1-3,6-7,15H,4-5,8-14,16H2. The van der Waals surface area contributed by atoms with Crippen LogP contribution >= 0.6 is 0 Å². The Hall–Kier alpha value is -2.14. The number of hydrogen-bond donors (Lipinski definition) is 0. The Bertz CT molecular complexity index is 717. The van der Waals surface area contributed by atoms with Crippen molar-refractivity contribution in [1.82, 2.24) is 19.6 Å². The molecule has 0 bridgehead atoms. The number of amides is 1. The lowest BCUT2D eigenvalue weighted by Crippen LogP contribution is -2.48. The van der Waals surface area contributed by atoms with Gasteiger partial charge in [0.2, 0.25) is 5.91 Å². The van der Waals surface area contributed by atoms with Crippen molar-refractivity contribution in [2.75, 3.05) is 26.2 Å². The van der Waals surface area contributed by atoms with Crippen molar-refractivity contribution in [1.29, 1.82) is 0 Å². The van der Waals surface area contributed by atoms with Crippen LogP contribution < -0.4 is 0 Å². The highest BCUT2D eigenvalue weighted by atomic mass is 16.2. The van der Waals surface area contributed by atoms with E-state index in [1.807, 2.05) is 11.1 Å². The van der Waals surface area contributed by atoms with Crippen LogP contribution in [0.25, 0.3) is 0 Å². The van der Waals surface area contributed by atoms with Gasteiger partial charge in [-0.2, -0.15) is 5.10 Å². The van der Waals surface area contributed by atoms with Gasteiger partial charge in [0.05, 0.1) is 12.6 Å². The lowest BCUT2D eigenvalue weighted by atomic mass is 10.0. The molecule has 0 N–H and O–H groups in total. The van der Waals surface area contributed by atoms with Crippen molar-refractivity contribution in [3.8, 4) is 0 Å². The number of rotatable bonds is 4. The van der Waals surface area contributed by atoms with Gasteiger partial charge in [-0.3, -0.25) is 14.4 Å². The number of piperazine rings is 1. The van der Waals surface area contributed by atoms with Gasteiger partial charge >= 0.3 is 0 Å². The monoisotopic (exact) mass is 338 g/mol. The molecule has 25 heavy (non-hydrogen) atoms. The average Bonchev–Trinajstić information content (AvgIpc) is 3.06. The molecule has 0 saturated carbocycles. The van der Waals surface area contributed by atoms with Crippen molar-refractivity contribution >= 4 is 5.91 Å².